The molecule has 0 radical (unpaired) electrons. The van der Waals surface area contributed by atoms with Crippen LogP contribution in [0.5, 0.6) is 0 Å². The molecule has 0 bridgehead atoms. The van der Waals surface area contributed by atoms with Crippen molar-refractivity contribution in [3.05, 3.63) is 27.7 Å². The highest BCUT2D eigenvalue weighted by atomic mass is 79.9. The summed E-state index contributed by atoms with van der Waals surface area (Å²) in [5.41, 5.74) is 2.23. The molecule has 122 valence electrons. The zero-order valence-electron chi connectivity index (χ0n) is 13.2. The summed E-state index contributed by atoms with van der Waals surface area (Å²) in [5.74, 6) is -0.428. The first-order chi connectivity index (χ1) is 10.4. The number of unbranched alkanes of at least 4 members (excludes halogenated alkanes) is 1. The van der Waals surface area contributed by atoms with E-state index in [1.165, 1.54) is 11.8 Å². The molecular formula is C16H22BrNO3S. The van der Waals surface area contributed by atoms with Gasteiger partial charge in [-0.25, -0.2) is 0 Å². The van der Waals surface area contributed by atoms with Crippen molar-refractivity contribution in [2.45, 2.75) is 38.5 Å². The maximum absolute atomic E-state index is 11.7. The molecule has 0 aromatic heterocycles. The SMILES string of the molecule is CCCCNC(=O)COC(=O)CSc1cc(C)c(Br)cc1C. The molecule has 0 fully saturated rings. The second kappa shape index (κ2) is 9.90. The van der Waals surface area contributed by atoms with E-state index < -0.39 is 0 Å². The summed E-state index contributed by atoms with van der Waals surface area (Å²) in [5, 5.41) is 2.71. The molecule has 0 atom stereocenters. The van der Waals surface area contributed by atoms with Gasteiger partial charge in [0.1, 0.15) is 0 Å². The highest BCUT2D eigenvalue weighted by Crippen LogP contribution is 2.28. The molecule has 0 aliphatic carbocycles. The highest BCUT2D eigenvalue weighted by molar-refractivity contribution is 9.10. The Balaban J connectivity index is 2.34. The van der Waals surface area contributed by atoms with Crippen LogP contribution < -0.4 is 5.32 Å². The van der Waals surface area contributed by atoms with Crippen LogP contribution >= 0.6 is 27.7 Å². The molecule has 1 aromatic rings. The topological polar surface area (TPSA) is 55.4 Å². The molecule has 0 saturated carbocycles. The predicted molar refractivity (Wildman–Crippen MR) is 93.2 cm³/mol. The standard InChI is InChI=1S/C16H22BrNO3S/c1-4-5-6-18-15(19)9-21-16(20)10-22-14-8-11(2)13(17)7-12(14)3/h7-8H,4-6,9-10H2,1-3H3,(H,18,19). The van der Waals surface area contributed by atoms with Crippen LogP contribution in [-0.4, -0.2) is 30.8 Å². The number of nitrogens with one attached hydrogen (secondary N) is 1. The van der Waals surface area contributed by atoms with E-state index in [4.69, 9.17) is 4.74 Å². The van der Waals surface area contributed by atoms with Gasteiger partial charge in [-0.2, -0.15) is 0 Å². The molecule has 1 N–H and O–H groups in total. The number of esters is 1. The average Bonchev–Trinajstić information content (AvgIpc) is 2.47. The normalized spacial score (nSPS) is 10.4. The lowest BCUT2D eigenvalue weighted by Crippen LogP contribution is -2.29. The first-order valence-electron chi connectivity index (χ1n) is 7.26. The second-order valence-electron chi connectivity index (χ2n) is 5.02. The van der Waals surface area contributed by atoms with Gasteiger partial charge in [0, 0.05) is 15.9 Å². The maximum Gasteiger partial charge on any atom is 0.316 e. The molecule has 1 aromatic carbocycles. The molecule has 0 aliphatic heterocycles. The third-order valence-corrected chi connectivity index (χ3v) is 5.00. The molecule has 0 unspecified atom stereocenters. The number of aryl methyl sites for hydroxylation is 2. The van der Waals surface area contributed by atoms with Gasteiger partial charge in [0.25, 0.3) is 5.91 Å². The summed E-state index contributed by atoms with van der Waals surface area (Å²) < 4.78 is 6.03. The van der Waals surface area contributed by atoms with Gasteiger partial charge in [0.05, 0.1) is 5.75 Å². The lowest BCUT2D eigenvalue weighted by atomic mass is 10.2. The summed E-state index contributed by atoms with van der Waals surface area (Å²) >= 11 is 4.91. The fraction of sp³-hybridized carbons (Fsp3) is 0.500. The van der Waals surface area contributed by atoms with Gasteiger partial charge >= 0.3 is 5.97 Å². The number of hydrogen-bond donors (Lipinski definition) is 1. The van der Waals surface area contributed by atoms with Gasteiger partial charge in [0.15, 0.2) is 6.61 Å². The number of amides is 1. The molecule has 6 heteroatoms. The van der Waals surface area contributed by atoms with E-state index in [0.29, 0.717) is 6.54 Å². The van der Waals surface area contributed by atoms with Crippen molar-refractivity contribution >= 4 is 39.6 Å². The fourth-order valence-electron chi connectivity index (χ4n) is 1.69. The third kappa shape index (κ3) is 6.83. The number of hydrogen-bond acceptors (Lipinski definition) is 4. The first-order valence-corrected chi connectivity index (χ1v) is 9.03. The van der Waals surface area contributed by atoms with E-state index in [-0.39, 0.29) is 24.2 Å². The zero-order chi connectivity index (χ0) is 16.5. The van der Waals surface area contributed by atoms with Gasteiger partial charge in [-0.1, -0.05) is 29.3 Å². The lowest BCUT2D eigenvalue weighted by molar-refractivity contribution is -0.145. The summed E-state index contributed by atoms with van der Waals surface area (Å²) in [6, 6.07) is 4.07. The number of benzene rings is 1. The Kier molecular flexibility index (Phi) is 8.56. The van der Waals surface area contributed by atoms with Crippen molar-refractivity contribution in [2.24, 2.45) is 0 Å². The molecule has 0 spiro atoms. The Hall–Kier alpha value is -1.01. The van der Waals surface area contributed by atoms with Crippen LogP contribution in [0.4, 0.5) is 0 Å². The smallest absolute Gasteiger partial charge is 0.316 e. The average molecular weight is 388 g/mol. The van der Waals surface area contributed by atoms with Gasteiger partial charge in [-0.15, -0.1) is 11.8 Å². The van der Waals surface area contributed by atoms with Crippen molar-refractivity contribution in [3.63, 3.8) is 0 Å². The molecule has 4 nitrogen and oxygen atoms in total. The Bertz CT molecular complexity index is 534. The highest BCUT2D eigenvalue weighted by Gasteiger charge is 2.10. The van der Waals surface area contributed by atoms with Crippen molar-refractivity contribution in [1.82, 2.24) is 5.32 Å². The monoisotopic (exact) mass is 387 g/mol. The molecular weight excluding hydrogens is 366 g/mol. The fourth-order valence-corrected chi connectivity index (χ4v) is 3.05. The van der Waals surface area contributed by atoms with Crippen molar-refractivity contribution in [3.8, 4) is 0 Å². The van der Waals surface area contributed by atoms with Crippen LogP contribution in [0.15, 0.2) is 21.5 Å². The van der Waals surface area contributed by atoms with E-state index in [9.17, 15) is 9.59 Å². The number of halogens is 1. The molecule has 1 amide bonds. The molecule has 1 rings (SSSR count). The zero-order valence-corrected chi connectivity index (χ0v) is 15.6. The minimum atomic E-state index is -0.379. The van der Waals surface area contributed by atoms with Crippen molar-refractivity contribution < 1.29 is 14.3 Å². The van der Waals surface area contributed by atoms with Crippen LogP contribution in [0.1, 0.15) is 30.9 Å². The largest absolute Gasteiger partial charge is 0.455 e. The van der Waals surface area contributed by atoms with Crippen LogP contribution in [-0.2, 0) is 14.3 Å². The first kappa shape index (κ1) is 19.0. The summed E-state index contributed by atoms with van der Waals surface area (Å²) in [6.07, 6.45) is 1.94. The van der Waals surface area contributed by atoms with E-state index in [1.807, 2.05) is 26.0 Å². The van der Waals surface area contributed by atoms with Gasteiger partial charge in [0.2, 0.25) is 0 Å². The van der Waals surface area contributed by atoms with Crippen molar-refractivity contribution in [2.75, 3.05) is 18.9 Å². The van der Waals surface area contributed by atoms with Crippen LogP contribution in [0.25, 0.3) is 0 Å². The van der Waals surface area contributed by atoms with E-state index in [0.717, 1.165) is 33.3 Å². The number of carbonyl (C=O) groups excluding carboxylic acids is 2. The second-order valence-corrected chi connectivity index (χ2v) is 6.89. The number of ether oxygens (including phenoxy) is 1. The number of carbonyl (C=O) groups is 2. The van der Waals surface area contributed by atoms with Gasteiger partial charge in [-0.3, -0.25) is 9.59 Å². The minimum absolute atomic E-state index is 0.199. The van der Waals surface area contributed by atoms with E-state index >= 15 is 0 Å². The van der Waals surface area contributed by atoms with E-state index in [1.54, 1.807) is 0 Å². The van der Waals surface area contributed by atoms with Crippen molar-refractivity contribution in [1.29, 1.82) is 0 Å². The molecule has 0 heterocycles. The molecule has 0 aliphatic rings. The Morgan fingerprint density at radius 2 is 2.00 bits per heavy atom. The molecule has 0 saturated heterocycles. The van der Waals surface area contributed by atoms with Crippen LogP contribution in [0, 0.1) is 13.8 Å². The van der Waals surface area contributed by atoms with Gasteiger partial charge < -0.3 is 10.1 Å². The van der Waals surface area contributed by atoms with Gasteiger partial charge in [-0.05, 0) is 43.5 Å². The number of thioether (sulfide) groups is 1. The van der Waals surface area contributed by atoms with Crippen LogP contribution in [0.2, 0.25) is 0 Å². The lowest BCUT2D eigenvalue weighted by Gasteiger charge is -2.09. The summed E-state index contributed by atoms with van der Waals surface area (Å²) in [6.45, 7) is 6.47. The van der Waals surface area contributed by atoms with Crippen LogP contribution in [0.3, 0.4) is 0 Å². The molecule has 22 heavy (non-hydrogen) atoms. The Labute approximate surface area is 144 Å². The number of rotatable bonds is 8. The summed E-state index contributed by atoms with van der Waals surface area (Å²) in [7, 11) is 0. The minimum Gasteiger partial charge on any atom is -0.455 e. The van der Waals surface area contributed by atoms with E-state index in [2.05, 4.69) is 28.2 Å². The quantitative estimate of drug-likeness (QED) is 0.420. The summed E-state index contributed by atoms with van der Waals surface area (Å²) in [4.78, 5) is 24.2. The Morgan fingerprint density at radius 1 is 1.27 bits per heavy atom. The Morgan fingerprint density at radius 3 is 2.68 bits per heavy atom. The third-order valence-electron chi connectivity index (χ3n) is 3.02. The maximum atomic E-state index is 11.7. The predicted octanol–water partition coefficient (Wildman–Crippen LogP) is 3.62.